The predicted molar refractivity (Wildman–Crippen MR) is 130 cm³/mol. The summed E-state index contributed by atoms with van der Waals surface area (Å²) in [5.74, 6) is -0.183. The van der Waals surface area contributed by atoms with E-state index in [2.05, 4.69) is 15.3 Å². The first kappa shape index (κ1) is 23.3. The Morgan fingerprint density at radius 3 is 2.60 bits per heavy atom. The number of hydrogen-bond donors (Lipinski definition) is 1. The summed E-state index contributed by atoms with van der Waals surface area (Å²) in [6.45, 7) is 3.84. The second kappa shape index (κ2) is 10.0. The quantitative estimate of drug-likeness (QED) is 0.561. The van der Waals surface area contributed by atoms with Crippen molar-refractivity contribution in [3.05, 3.63) is 58.6 Å². The Bertz CT molecular complexity index is 1220. The van der Waals surface area contributed by atoms with Crippen molar-refractivity contribution in [2.45, 2.75) is 18.9 Å². The van der Waals surface area contributed by atoms with E-state index in [9.17, 15) is 14.4 Å². The molecule has 2 fully saturated rings. The van der Waals surface area contributed by atoms with E-state index in [4.69, 9.17) is 4.74 Å². The molecule has 10 nitrogen and oxygen atoms in total. The highest BCUT2D eigenvalue weighted by molar-refractivity contribution is 6.00. The number of hydrogen-bond acceptors (Lipinski definition) is 6. The maximum atomic E-state index is 13.5. The fourth-order valence-corrected chi connectivity index (χ4v) is 4.71. The largest absolute Gasteiger partial charge is 0.376 e. The smallest absolute Gasteiger partial charge is 0.282 e. The summed E-state index contributed by atoms with van der Waals surface area (Å²) in [7, 11) is 1.79. The van der Waals surface area contributed by atoms with Crippen LogP contribution in [0.2, 0.25) is 0 Å². The molecule has 0 saturated carbocycles. The SMILES string of the molecule is Cn1cc(C(=O)N2CCN(CC(=O)NC[C@@H]3CCCO3)CC2)c2nn(-c3ccccc3)c(=O)c-2c1. The number of aromatic nitrogens is 3. The number of rotatable bonds is 6. The summed E-state index contributed by atoms with van der Waals surface area (Å²) < 4.78 is 8.61. The van der Waals surface area contributed by atoms with Crippen LogP contribution >= 0.6 is 0 Å². The highest BCUT2D eigenvalue weighted by Crippen LogP contribution is 2.23. The molecular weight excluding hydrogens is 448 g/mol. The van der Waals surface area contributed by atoms with Gasteiger partial charge in [0.05, 0.1) is 29.5 Å². The van der Waals surface area contributed by atoms with Gasteiger partial charge in [-0.15, -0.1) is 0 Å². The molecule has 1 aromatic carbocycles. The third kappa shape index (κ3) is 4.98. The van der Waals surface area contributed by atoms with E-state index in [1.54, 1.807) is 28.9 Å². The summed E-state index contributed by atoms with van der Waals surface area (Å²) in [5, 5.41) is 7.47. The summed E-state index contributed by atoms with van der Waals surface area (Å²) in [5.41, 5.74) is 1.61. The van der Waals surface area contributed by atoms with Crippen LogP contribution in [-0.4, -0.2) is 87.9 Å². The molecule has 0 radical (unpaired) electrons. The van der Waals surface area contributed by atoms with E-state index in [-0.39, 0.29) is 23.5 Å². The number of carbonyl (C=O) groups is 2. The summed E-state index contributed by atoms with van der Waals surface area (Å²) in [4.78, 5) is 42.6. The van der Waals surface area contributed by atoms with Crippen LogP contribution in [-0.2, 0) is 16.6 Å². The average Bonchev–Trinajstić information content (AvgIpc) is 3.51. The van der Waals surface area contributed by atoms with Crippen molar-refractivity contribution in [1.82, 2.24) is 29.5 Å². The van der Waals surface area contributed by atoms with Crippen LogP contribution < -0.4 is 10.9 Å². The van der Waals surface area contributed by atoms with Crippen LogP contribution in [0.15, 0.2) is 47.5 Å². The molecule has 4 aliphatic heterocycles. The second-order valence-corrected chi connectivity index (χ2v) is 9.16. The lowest BCUT2D eigenvalue weighted by Crippen LogP contribution is -2.51. The molecule has 2 amide bonds. The van der Waals surface area contributed by atoms with Crippen LogP contribution in [0.5, 0.6) is 0 Å². The van der Waals surface area contributed by atoms with Gasteiger partial charge in [0.15, 0.2) is 0 Å². The average molecular weight is 479 g/mol. The van der Waals surface area contributed by atoms with Crippen LogP contribution in [0.25, 0.3) is 16.9 Å². The van der Waals surface area contributed by atoms with Gasteiger partial charge in [-0.05, 0) is 25.0 Å². The van der Waals surface area contributed by atoms with Crippen LogP contribution in [0, 0.1) is 0 Å². The van der Waals surface area contributed by atoms with E-state index < -0.39 is 0 Å². The maximum absolute atomic E-state index is 13.5. The number of fused-ring (bicyclic) bond motifs is 1. The zero-order chi connectivity index (χ0) is 24.4. The van der Waals surface area contributed by atoms with Crippen molar-refractivity contribution >= 4 is 11.8 Å². The van der Waals surface area contributed by atoms with E-state index in [1.807, 2.05) is 30.3 Å². The zero-order valence-electron chi connectivity index (χ0n) is 19.9. The Kier molecular flexibility index (Phi) is 6.65. The first-order chi connectivity index (χ1) is 17.0. The zero-order valence-corrected chi connectivity index (χ0v) is 19.9. The van der Waals surface area contributed by atoms with Gasteiger partial charge in [0.1, 0.15) is 5.69 Å². The van der Waals surface area contributed by atoms with Gasteiger partial charge in [0.2, 0.25) is 5.91 Å². The minimum absolute atomic E-state index is 0.0218. The molecule has 0 unspecified atom stereocenters. The molecule has 0 bridgehead atoms. The third-order valence-corrected chi connectivity index (χ3v) is 6.61. The van der Waals surface area contributed by atoms with Crippen molar-refractivity contribution in [2.24, 2.45) is 7.05 Å². The molecule has 0 aliphatic carbocycles. The molecule has 4 heterocycles. The van der Waals surface area contributed by atoms with E-state index >= 15 is 0 Å². The fourth-order valence-electron chi connectivity index (χ4n) is 4.71. The van der Waals surface area contributed by atoms with Crippen molar-refractivity contribution in [3.8, 4) is 16.9 Å². The minimum atomic E-state index is -0.254. The van der Waals surface area contributed by atoms with E-state index in [0.717, 1.165) is 19.4 Å². The number of pyridine rings is 1. The number of amides is 2. The van der Waals surface area contributed by atoms with Gasteiger partial charge in [0.25, 0.3) is 11.5 Å². The Morgan fingerprint density at radius 1 is 1.11 bits per heavy atom. The highest BCUT2D eigenvalue weighted by Gasteiger charge is 2.29. The van der Waals surface area contributed by atoms with E-state index in [0.29, 0.717) is 61.8 Å². The number of para-hydroxylation sites is 1. The van der Waals surface area contributed by atoms with Crippen LogP contribution in [0.1, 0.15) is 23.2 Å². The lowest BCUT2D eigenvalue weighted by atomic mass is 10.1. The van der Waals surface area contributed by atoms with Gasteiger partial charge >= 0.3 is 0 Å². The predicted octanol–water partition coefficient (Wildman–Crippen LogP) is 0.729. The summed E-state index contributed by atoms with van der Waals surface area (Å²) >= 11 is 0. The Hall–Kier alpha value is -3.50. The number of aryl methyl sites for hydroxylation is 1. The third-order valence-electron chi connectivity index (χ3n) is 6.61. The molecular formula is C25H30N6O4. The summed E-state index contributed by atoms with van der Waals surface area (Å²) in [6, 6.07) is 9.18. The molecule has 0 aromatic heterocycles. The molecule has 1 N–H and O–H groups in total. The molecule has 10 heteroatoms. The van der Waals surface area contributed by atoms with Crippen molar-refractivity contribution in [3.63, 3.8) is 0 Å². The lowest BCUT2D eigenvalue weighted by molar-refractivity contribution is -0.123. The lowest BCUT2D eigenvalue weighted by Gasteiger charge is -2.34. The molecule has 1 aromatic rings. The highest BCUT2D eigenvalue weighted by atomic mass is 16.5. The van der Waals surface area contributed by atoms with Gasteiger partial charge in [0, 0.05) is 58.8 Å². The fraction of sp³-hybridized carbons (Fsp3) is 0.440. The minimum Gasteiger partial charge on any atom is -0.376 e. The van der Waals surface area contributed by atoms with Gasteiger partial charge < -0.3 is 19.5 Å². The second-order valence-electron chi connectivity index (χ2n) is 9.16. The number of piperazine rings is 1. The Labute approximate surface area is 203 Å². The molecule has 0 spiro atoms. The molecule has 4 aliphatic rings. The Balaban J connectivity index is 1.25. The van der Waals surface area contributed by atoms with Crippen LogP contribution in [0.4, 0.5) is 0 Å². The number of ether oxygens (including phenoxy) is 1. The molecule has 184 valence electrons. The Morgan fingerprint density at radius 2 is 1.89 bits per heavy atom. The first-order valence-electron chi connectivity index (χ1n) is 12.0. The van der Waals surface area contributed by atoms with Gasteiger partial charge in [-0.25, -0.2) is 0 Å². The first-order valence-corrected chi connectivity index (χ1v) is 12.0. The standard InChI is InChI=1S/C25H30N6O4/c1-28-15-20(23-21(16-28)25(34)31(27-23)18-6-3-2-4-7-18)24(33)30-11-9-29(10-12-30)17-22(32)26-14-19-8-5-13-35-19/h2-4,6-7,15-16,19H,5,8-14,17H2,1H3,(H,26,32)/t19-/m0/s1. The number of benzene rings is 1. The molecule has 2 saturated heterocycles. The maximum Gasteiger partial charge on any atom is 0.282 e. The van der Waals surface area contributed by atoms with Crippen LogP contribution in [0.3, 0.4) is 0 Å². The molecule has 35 heavy (non-hydrogen) atoms. The molecule has 1 atom stereocenters. The topological polar surface area (TPSA) is 102 Å². The van der Waals surface area contributed by atoms with Crippen molar-refractivity contribution in [1.29, 1.82) is 0 Å². The number of nitrogens with one attached hydrogen (secondary N) is 1. The van der Waals surface area contributed by atoms with Gasteiger partial charge in [-0.3, -0.25) is 19.3 Å². The van der Waals surface area contributed by atoms with E-state index in [1.165, 1.54) is 4.68 Å². The normalized spacial score (nSPS) is 18.8. The summed E-state index contributed by atoms with van der Waals surface area (Å²) in [6.07, 6.45) is 5.58. The monoisotopic (exact) mass is 478 g/mol. The van der Waals surface area contributed by atoms with Crippen molar-refractivity contribution < 1.29 is 14.3 Å². The van der Waals surface area contributed by atoms with Gasteiger partial charge in [-0.1, -0.05) is 18.2 Å². The molecule has 5 rings (SSSR count). The number of nitrogens with zero attached hydrogens (tertiary/aromatic N) is 5. The van der Waals surface area contributed by atoms with Crippen molar-refractivity contribution in [2.75, 3.05) is 45.9 Å². The van der Waals surface area contributed by atoms with Gasteiger partial charge in [-0.2, -0.15) is 9.78 Å². The number of carbonyl (C=O) groups excluding carboxylic acids is 2.